The van der Waals surface area contributed by atoms with Crippen molar-refractivity contribution in [3.8, 4) is 0 Å². The van der Waals surface area contributed by atoms with Gasteiger partial charge in [0.2, 0.25) is 5.91 Å². The van der Waals surface area contributed by atoms with E-state index in [1.165, 1.54) is 11.3 Å². The molecule has 0 aliphatic carbocycles. The SMILES string of the molecule is Cc1ccc(N2CCN(CCCC(=O)N3CCC(Nc4cccc(Cl)c4)CC3)CC2)cc1. The molecule has 2 heterocycles. The van der Waals surface area contributed by atoms with Crippen LogP contribution in [-0.2, 0) is 4.79 Å². The molecule has 172 valence electrons. The lowest BCUT2D eigenvalue weighted by atomic mass is 10.0. The fourth-order valence-corrected chi connectivity index (χ4v) is 4.87. The Morgan fingerprint density at radius 1 is 1.00 bits per heavy atom. The summed E-state index contributed by atoms with van der Waals surface area (Å²) >= 11 is 6.07. The average molecular weight is 455 g/mol. The first-order chi connectivity index (χ1) is 15.6. The highest BCUT2D eigenvalue weighted by Gasteiger charge is 2.23. The molecule has 2 aromatic rings. The highest BCUT2D eigenvalue weighted by molar-refractivity contribution is 6.30. The average Bonchev–Trinajstić information content (AvgIpc) is 2.81. The number of benzene rings is 2. The maximum Gasteiger partial charge on any atom is 0.222 e. The molecule has 1 amide bonds. The summed E-state index contributed by atoms with van der Waals surface area (Å²) in [5, 5.41) is 4.30. The van der Waals surface area contributed by atoms with Crippen LogP contribution in [0.1, 0.15) is 31.2 Å². The van der Waals surface area contributed by atoms with E-state index in [0.717, 1.165) is 75.8 Å². The molecule has 2 saturated heterocycles. The molecular formula is C26H35ClN4O. The Kier molecular flexibility index (Phi) is 7.93. The van der Waals surface area contributed by atoms with E-state index in [-0.39, 0.29) is 0 Å². The third-order valence-electron chi connectivity index (χ3n) is 6.68. The Bertz CT molecular complexity index is 872. The molecular weight excluding hydrogens is 420 g/mol. The van der Waals surface area contributed by atoms with Gasteiger partial charge in [0.15, 0.2) is 0 Å². The monoisotopic (exact) mass is 454 g/mol. The summed E-state index contributed by atoms with van der Waals surface area (Å²) in [6.07, 6.45) is 3.58. The van der Waals surface area contributed by atoms with Crippen molar-refractivity contribution in [3.05, 3.63) is 59.1 Å². The fourth-order valence-electron chi connectivity index (χ4n) is 4.68. The predicted molar refractivity (Wildman–Crippen MR) is 134 cm³/mol. The molecule has 0 atom stereocenters. The molecule has 1 N–H and O–H groups in total. The molecule has 2 fully saturated rings. The highest BCUT2D eigenvalue weighted by atomic mass is 35.5. The van der Waals surface area contributed by atoms with E-state index in [1.54, 1.807) is 0 Å². The maximum atomic E-state index is 12.7. The van der Waals surface area contributed by atoms with Crippen LogP contribution in [0, 0.1) is 6.92 Å². The number of carbonyl (C=O) groups excluding carboxylic acids is 1. The number of likely N-dealkylation sites (tertiary alicyclic amines) is 1. The molecule has 32 heavy (non-hydrogen) atoms. The summed E-state index contributed by atoms with van der Waals surface area (Å²) in [7, 11) is 0. The first-order valence-corrected chi connectivity index (χ1v) is 12.3. The van der Waals surface area contributed by atoms with Gasteiger partial charge >= 0.3 is 0 Å². The number of nitrogens with zero attached hydrogens (tertiary/aromatic N) is 3. The Hall–Kier alpha value is -2.24. The second-order valence-electron chi connectivity index (χ2n) is 9.08. The standard InChI is InChI=1S/C26H35ClN4O/c1-21-7-9-25(10-8-21)30-18-16-29(17-19-30)13-3-6-26(32)31-14-11-23(12-15-31)28-24-5-2-4-22(27)20-24/h2,4-5,7-10,20,23,28H,3,6,11-19H2,1H3. The summed E-state index contributed by atoms with van der Waals surface area (Å²) < 4.78 is 0. The normalized spacial score (nSPS) is 18.1. The number of nitrogens with one attached hydrogen (secondary N) is 1. The molecule has 0 aromatic heterocycles. The highest BCUT2D eigenvalue weighted by Crippen LogP contribution is 2.21. The van der Waals surface area contributed by atoms with Crippen molar-refractivity contribution < 1.29 is 4.79 Å². The van der Waals surface area contributed by atoms with E-state index in [4.69, 9.17) is 11.6 Å². The van der Waals surface area contributed by atoms with Crippen molar-refractivity contribution in [1.82, 2.24) is 9.80 Å². The minimum atomic E-state index is 0.310. The van der Waals surface area contributed by atoms with E-state index in [0.29, 0.717) is 18.4 Å². The minimum Gasteiger partial charge on any atom is -0.382 e. The largest absolute Gasteiger partial charge is 0.382 e. The van der Waals surface area contributed by atoms with Gasteiger partial charge in [-0.2, -0.15) is 0 Å². The van der Waals surface area contributed by atoms with Crippen LogP contribution < -0.4 is 10.2 Å². The van der Waals surface area contributed by atoms with Crippen LogP contribution in [0.3, 0.4) is 0 Å². The second kappa shape index (κ2) is 11.1. The van der Waals surface area contributed by atoms with Crippen molar-refractivity contribution in [1.29, 1.82) is 0 Å². The van der Waals surface area contributed by atoms with Gasteiger partial charge < -0.3 is 15.1 Å². The number of carbonyl (C=O) groups is 1. The van der Waals surface area contributed by atoms with Crippen molar-refractivity contribution >= 4 is 28.9 Å². The number of anilines is 2. The van der Waals surface area contributed by atoms with Gasteiger partial charge in [0.1, 0.15) is 0 Å². The number of hydrogen-bond donors (Lipinski definition) is 1. The topological polar surface area (TPSA) is 38.8 Å². The molecule has 0 radical (unpaired) electrons. The smallest absolute Gasteiger partial charge is 0.222 e. The zero-order chi connectivity index (χ0) is 22.3. The first-order valence-electron chi connectivity index (χ1n) is 11.9. The Morgan fingerprint density at radius 2 is 1.72 bits per heavy atom. The van der Waals surface area contributed by atoms with Crippen molar-refractivity contribution in [3.63, 3.8) is 0 Å². The molecule has 2 aliphatic heterocycles. The molecule has 0 saturated carbocycles. The Labute approximate surface area is 197 Å². The van der Waals surface area contributed by atoms with Crippen LogP contribution in [0.5, 0.6) is 0 Å². The molecule has 2 aromatic carbocycles. The Morgan fingerprint density at radius 3 is 2.41 bits per heavy atom. The number of halogens is 1. The van der Waals surface area contributed by atoms with Gasteiger partial charge in [-0.3, -0.25) is 9.69 Å². The molecule has 2 aliphatic rings. The summed E-state index contributed by atoms with van der Waals surface area (Å²) in [5.74, 6) is 0.310. The van der Waals surface area contributed by atoms with Gasteiger partial charge in [0, 0.05) is 68.1 Å². The molecule has 5 nitrogen and oxygen atoms in total. The van der Waals surface area contributed by atoms with Crippen LogP contribution in [0.15, 0.2) is 48.5 Å². The summed E-state index contributed by atoms with van der Waals surface area (Å²) in [4.78, 5) is 19.7. The van der Waals surface area contributed by atoms with E-state index < -0.39 is 0 Å². The van der Waals surface area contributed by atoms with E-state index in [1.807, 2.05) is 29.2 Å². The van der Waals surface area contributed by atoms with E-state index >= 15 is 0 Å². The third kappa shape index (κ3) is 6.39. The van der Waals surface area contributed by atoms with Crippen LogP contribution in [0.25, 0.3) is 0 Å². The number of piperidine rings is 1. The third-order valence-corrected chi connectivity index (χ3v) is 6.91. The molecule has 0 spiro atoms. The number of amides is 1. The van der Waals surface area contributed by atoms with E-state index in [2.05, 4.69) is 46.3 Å². The first kappa shape index (κ1) is 22.9. The van der Waals surface area contributed by atoms with Gasteiger partial charge in [-0.05, 0) is 63.1 Å². The lowest BCUT2D eigenvalue weighted by molar-refractivity contribution is -0.132. The van der Waals surface area contributed by atoms with Gasteiger partial charge in [-0.1, -0.05) is 35.4 Å². The quantitative estimate of drug-likeness (QED) is 0.660. The second-order valence-corrected chi connectivity index (χ2v) is 9.51. The lowest BCUT2D eigenvalue weighted by Gasteiger charge is -2.36. The molecule has 6 heteroatoms. The molecule has 4 rings (SSSR count). The maximum absolute atomic E-state index is 12.7. The van der Waals surface area contributed by atoms with Gasteiger partial charge in [-0.25, -0.2) is 0 Å². The number of piperazine rings is 1. The van der Waals surface area contributed by atoms with Crippen molar-refractivity contribution in [2.75, 3.05) is 56.0 Å². The fraction of sp³-hybridized carbons (Fsp3) is 0.500. The van der Waals surface area contributed by atoms with Crippen molar-refractivity contribution in [2.24, 2.45) is 0 Å². The molecule has 0 unspecified atom stereocenters. The van der Waals surface area contributed by atoms with Gasteiger partial charge in [0.25, 0.3) is 0 Å². The minimum absolute atomic E-state index is 0.310. The van der Waals surface area contributed by atoms with Crippen LogP contribution in [-0.4, -0.2) is 67.6 Å². The van der Waals surface area contributed by atoms with Crippen LogP contribution in [0.2, 0.25) is 5.02 Å². The van der Waals surface area contributed by atoms with E-state index in [9.17, 15) is 4.79 Å². The number of hydrogen-bond acceptors (Lipinski definition) is 4. The van der Waals surface area contributed by atoms with Crippen LogP contribution >= 0.6 is 11.6 Å². The van der Waals surface area contributed by atoms with Crippen LogP contribution in [0.4, 0.5) is 11.4 Å². The Balaban J connectivity index is 1.11. The zero-order valence-electron chi connectivity index (χ0n) is 19.1. The summed E-state index contributed by atoms with van der Waals surface area (Å²) in [6.45, 7) is 9.08. The summed E-state index contributed by atoms with van der Waals surface area (Å²) in [5.41, 5.74) is 3.68. The predicted octanol–water partition coefficient (Wildman–Crippen LogP) is 4.65. The van der Waals surface area contributed by atoms with Gasteiger partial charge in [-0.15, -0.1) is 0 Å². The summed E-state index contributed by atoms with van der Waals surface area (Å²) in [6, 6.07) is 17.1. The lowest BCUT2D eigenvalue weighted by Crippen LogP contribution is -2.47. The molecule has 0 bridgehead atoms. The number of rotatable bonds is 7. The van der Waals surface area contributed by atoms with Crippen molar-refractivity contribution in [2.45, 2.75) is 38.6 Å². The zero-order valence-corrected chi connectivity index (χ0v) is 19.9. The number of aryl methyl sites for hydroxylation is 1. The van der Waals surface area contributed by atoms with Gasteiger partial charge in [0.05, 0.1) is 0 Å².